The highest BCUT2D eigenvalue weighted by atomic mass is 32.2. The minimum Gasteiger partial charge on any atom is -0.489 e. The molecule has 0 radical (unpaired) electrons. The van der Waals surface area contributed by atoms with E-state index in [1.165, 1.54) is 19.3 Å². The summed E-state index contributed by atoms with van der Waals surface area (Å²) < 4.78 is 57.0. The van der Waals surface area contributed by atoms with Crippen LogP contribution in [0.5, 0.6) is 5.75 Å². The van der Waals surface area contributed by atoms with E-state index in [-0.39, 0.29) is 6.10 Å². The molecule has 28 heavy (non-hydrogen) atoms. The number of nitrogens with zero attached hydrogens (tertiary/aromatic N) is 1. The van der Waals surface area contributed by atoms with Gasteiger partial charge in [0.1, 0.15) is 11.9 Å². The molecule has 0 unspecified atom stereocenters. The quantitative estimate of drug-likeness (QED) is 0.632. The van der Waals surface area contributed by atoms with Crippen molar-refractivity contribution in [3.05, 3.63) is 24.3 Å². The van der Waals surface area contributed by atoms with Crippen LogP contribution in [0.15, 0.2) is 24.3 Å². The Hall–Kier alpha value is -1.36. The Morgan fingerprint density at radius 3 is 2.00 bits per heavy atom. The Morgan fingerprint density at radius 2 is 1.54 bits per heavy atom. The number of sulfonamides is 1. The molecule has 10 heteroatoms. The number of ether oxygens (including phenoxy) is 1. The summed E-state index contributed by atoms with van der Waals surface area (Å²) in [6.45, 7) is 6.47. The average molecular weight is 437 g/mol. The van der Waals surface area contributed by atoms with E-state index in [1.807, 2.05) is 12.1 Å². The maximum absolute atomic E-state index is 11.2. The van der Waals surface area contributed by atoms with Crippen molar-refractivity contribution in [1.82, 2.24) is 4.90 Å². The van der Waals surface area contributed by atoms with Gasteiger partial charge in [0.15, 0.2) is 0 Å². The predicted molar refractivity (Wildman–Crippen MR) is 112 cm³/mol. The molecule has 0 spiro atoms. The molecule has 0 aromatic heterocycles. The molecule has 2 N–H and O–H groups in total. The van der Waals surface area contributed by atoms with E-state index < -0.39 is 20.1 Å². The minimum atomic E-state index is -3.67. The standard InChI is InChI=1S/C17H28N2O3S.CH4O3S/c1-4-19(5-2)16-8-6-7-9-17(16)22-15-12-10-14(11-13-15)18-23(3,20)21;1-5(2,3)4/h10-13,16-18H,4-9H2,1-3H3;1H3,(H,2,3,4)/t16-,17-;/m1./s1. The molecule has 162 valence electrons. The normalized spacial score (nSPS) is 20.2. The van der Waals surface area contributed by atoms with Crippen LogP contribution >= 0.6 is 0 Å². The summed E-state index contributed by atoms with van der Waals surface area (Å²) in [5, 5.41) is 0. The molecular formula is C18H32N2O6S2. The van der Waals surface area contributed by atoms with Gasteiger partial charge in [-0.05, 0) is 56.6 Å². The zero-order valence-corrected chi connectivity index (χ0v) is 18.6. The highest BCUT2D eigenvalue weighted by molar-refractivity contribution is 7.92. The molecule has 2 rings (SSSR count). The molecule has 0 heterocycles. The van der Waals surface area contributed by atoms with Crippen LogP contribution in [0.25, 0.3) is 0 Å². The first-order valence-corrected chi connectivity index (χ1v) is 13.1. The Morgan fingerprint density at radius 1 is 1.04 bits per heavy atom. The first-order chi connectivity index (χ1) is 12.9. The van der Waals surface area contributed by atoms with Crippen LogP contribution in [0.2, 0.25) is 0 Å². The fourth-order valence-electron chi connectivity index (χ4n) is 3.32. The van der Waals surface area contributed by atoms with Gasteiger partial charge in [0.05, 0.1) is 12.5 Å². The molecule has 1 aliphatic rings. The zero-order chi connectivity index (χ0) is 21.4. The fraction of sp³-hybridized carbons (Fsp3) is 0.667. The molecule has 0 saturated heterocycles. The highest BCUT2D eigenvalue weighted by Crippen LogP contribution is 2.28. The van der Waals surface area contributed by atoms with E-state index in [0.717, 1.165) is 31.5 Å². The number of nitrogens with one attached hydrogen (secondary N) is 1. The van der Waals surface area contributed by atoms with Gasteiger partial charge in [-0.3, -0.25) is 14.2 Å². The van der Waals surface area contributed by atoms with Crippen molar-refractivity contribution in [1.29, 1.82) is 0 Å². The van der Waals surface area contributed by atoms with Crippen LogP contribution in [0.4, 0.5) is 5.69 Å². The van der Waals surface area contributed by atoms with E-state index in [9.17, 15) is 16.8 Å². The van der Waals surface area contributed by atoms with E-state index >= 15 is 0 Å². The van der Waals surface area contributed by atoms with Crippen molar-refractivity contribution >= 4 is 25.8 Å². The van der Waals surface area contributed by atoms with Gasteiger partial charge in [-0.1, -0.05) is 20.3 Å². The van der Waals surface area contributed by atoms with Gasteiger partial charge in [0.25, 0.3) is 10.1 Å². The van der Waals surface area contributed by atoms with Gasteiger partial charge < -0.3 is 4.74 Å². The Bertz CT molecular complexity index is 782. The second kappa shape index (κ2) is 11.0. The summed E-state index contributed by atoms with van der Waals surface area (Å²) in [4.78, 5) is 2.48. The third-order valence-electron chi connectivity index (χ3n) is 4.39. The average Bonchev–Trinajstić information content (AvgIpc) is 2.56. The fourth-order valence-corrected chi connectivity index (χ4v) is 3.88. The molecule has 0 bridgehead atoms. The molecule has 0 amide bonds. The lowest BCUT2D eigenvalue weighted by Gasteiger charge is -2.39. The maximum atomic E-state index is 11.2. The maximum Gasteiger partial charge on any atom is 0.261 e. The van der Waals surface area contributed by atoms with Gasteiger partial charge in [-0.25, -0.2) is 8.42 Å². The van der Waals surface area contributed by atoms with Crippen molar-refractivity contribution in [3.8, 4) is 5.75 Å². The molecule has 1 saturated carbocycles. The van der Waals surface area contributed by atoms with Crippen LogP contribution in [0.3, 0.4) is 0 Å². The minimum absolute atomic E-state index is 0.206. The number of likely N-dealkylation sites (N-methyl/N-ethyl adjacent to an activating group) is 1. The van der Waals surface area contributed by atoms with Crippen LogP contribution in [-0.2, 0) is 20.1 Å². The molecule has 1 fully saturated rings. The van der Waals surface area contributed by atoms with E-state index in [2.05, 4.69) is 23.5 Å². The number of hydrogen-bond acceptors (Lipinski definition) is 6. The molecule has 0 aliphatic heterocycles. The summed E-state index contributed by atoms with van der Waals surface area (Å²) in [7, 11) is -6.91. The van der Waals surface area contributed by atoms with E-state index in [4.69, 9.17) is 9.29 Å². The molecule has 1 aliphatic carbocycles. The molecule has 8 nitrogen and oxygen atoms in total. The van der Waals surface area contributed by atoms with Crippen molar-refractivity contribution in [2.24, 2.45) is 0 Å². The summed E-state index contributed by atoms with van der Waals surface area (Å²) >= 11 is 0. The molecule has 1 aromatic rings. The van der Waals surface area contributed by atoms with Crippen LogP contribution in [0, 0.1) is 0 Å². The number of benzene rings is 1. The summed E-state index contributed by atoms with van der Waals surface area (Å²) in [6.07, 6.45) is 6.79. The Labute approximate surface area is 169 Å². The molecule has 2 atom stereocenters. The monoisotopic (exact) mass is 436 g/mol. The largest absolute Gasteiger partial charge is 0.489 e. The summed E-state index contributed by atoms with van der Waals surface area (Å²) in [6, 6.07) is 7.62. The second-order valence-corrected chi connectivity index (χ2v) is 10.1. The molecular weight excluding hydrogens is 404 g/mol. The number of hydrogen-bond donors (Lipinski definition) is 2. The number of anilines is 1. The third kappa shape index (κ3) is 10.3. The van der Waals surface area contributed by atoms with Crippen molar-refractivity contribution in [3.63, 3.8) is 0 Å². The van der Waals surface area contributed by atoms with Gasteiger partial charge in [-0.15, -0.1) is 0 Å². The lowest BCUT2D eigenvalue weighted by molar-refractivity contribution is 0.0413. The molecule has 1 aromatic carbocycles. The Kier molecular flexibility index (Phi) is 9.68. The first kappa shape index (κ1) is 24.7. The van der Waals surface area contributed by atoms with Crippen LogP contribution < -0.4 is 9.46 Å². The first-order valence-electron chi connectivity index (χ1n) is 9.34. The smallest absolute Gasteiger partial charge is 0.261 e. The number of rotatable bonds is 7. The van der Waals surface area contributed by atoms with Gasteiger partial charge in [0.2, 0.25) is 10.0 Å². The van der Waals surface area contributed by atoms with Crippen LogP contribution in [-0.4, -0.2) is 64.0 Å². The second-order valence-electron chi connectivity index (χ2n) is 6.86. The lowest BCUT2D eigenvalue weighted by atomic mass is 9.91. The van der Waals surface area contributed by atoms with Crippen LogP contribution in [0.1, 0.15) is 39.5 Å². The van der Waals surface area contributed by atoms with Crippen molar-refractivity contribution in [2.75, 3.05) is 30.3 Å². The van der Waals surface area contributed by atoms with Crippen molar-refractivity contribution in [2.45, 2.75) is 51.7 Å². The van der Waals surface area contributed by atoms with E-state index in [1.54, 1.807) is 12.1 Å². The third-order valence-corrected chi connectivity index (χ3v) is 5.00. The van der Waals surface area contributed by atoms with Gasteiger partial charge >= 0.3 is 0 Å². The summed E-state index contributed by atoms with van der Waals surface area (Å²) in [5.74, 6) is 0.799. The lowest BCUT2D eigenvalue weighted by Crippen LogP contribution is -2.47. The van der Waals surface area contributed by atoms with E-state index in [0.29, 0.717) is 18.0 Å². The summed E-state index contributed by atoms with van der Waals surface area (Å²) in [5.41, 5.74) is 0.559. The van der Waals surface area contributed by atoms with Gasteiger partial charge in [-0.2, -0.15) is 8.42 Å². The zero-order valence-electron chi connectivity index (χ0n) is 17.0. The predicted octanol–water partition coefficient (Wildman–Crippen LogP) is 2.59. The highest BCUT2D eigenvalue weighted by Gasteiger charge is 2.30. The SMILES string of the molecule is CCN(CC)[C@@H]1CCCC[C@H]1Oc1ccc(NS(C)(=O)=O)cc1.CS(=O)(=O)O. The van der Waals surface area contributed by atoms with Gasteiger partial charge in [0, 0.05) is 11.7 Å². The van der Waals surface area contributed by atoms with Crippen molar-refractivity contribution < 1.29 is 26.1 Å². The topological polar surface area (TPSA) is 113 Å². The Balaban J connectivity index is 0.000000696.